The molecule has 0 saturated carbocycles. The van der Waals surface area contributed by atoms with E-state index in [2.05, 4.69) is 0 Å². The van der Waals surface area contributed by atoms with E-state index < -0.39 is 22.1 Å². The van der Waals surface area contributed by atoms with Gasteiger partial charge < -0.3 is 0 Å². The first-order chi connectivity index (χ1) is 16.3. The Morgan fingerprint density at radius 3 is 1.94 bits per heavy atom. The Balaban J connectivity index is 1.80. The number of allylic oxidation sites excluding steroid dienone is 3. The summed E-state index contributed by atoms with van der Waals surface area (Å²) < 4.78 is 31.4. The van der Waals surface area contributed by atoms with Gasteiger partial charge >= 0.3 is 0 Å². The van der Waals surface area contributed by atoms with Crippen molar-refractivity contribution in [3.8, 4) is 0 Å². The van der Waals surface area contributed by atoms with Gasteiger partial charge in [-0.05, 0) is 66.8 Å². The summed E-state index contributed by atoms with van der Waals surface area (Å²) in [6.45, 7) is 1.81. The molecule has 174 valence electrons. The van der Waals surface area contributed by atoms with Crippen molar-refractivity contribution < 1.29 is 8.42 Å². The van der Waals surface area contributed by atoms with Crippen LogP contribution in [-0.2, 0) is 10.0 Å². The largest absolute Gasteiger partial charge is 0.284 e. The number of hydrogen-bond donors (Lipinski definition) is 0. The highest BCUT2D eigenvalue weighted by atomic mass is 35.5. The topological polar surface area (TPSA) is 59.4 Å². The van der Waals surface area contributed by atoms with Gasteiger partial charge in [0.1, 0.15) is 5.82 Å². The molecule has 0 radical (unpaired) electrons. The number of sulfonamides is 1. The van der Waals surface area contributed by atoms with Gasteiger partial charge in [0.15, 0.2) is 0 Å². The SMILES string of the molecule is CC1=CCCC=C1S(=O)(=O)N1c2cccc(=O)n2[C@@H](c2ccc(Cl)cc2)[C@H]1c1ccc(Cl)cc1. The molecule has 0 fully saturated rings. The second kappa shape index (κ2) is 8.77. The van der Waals surface area contributed by atoms with E-state index in [9.17, 15) is 13.2 Å². The zero-order valence-electron chi connectivity index (χ0n) is 18.4. The van der Waals surface area contributed by atoms with Crippen molar-refractivity contribution in [1.29, 1.82) is 0 Å². The molecule has 5 nitrogen and oxygen atoms in total. The van der Waals surface area contributed by atoms with Gasteiger partial charge in [-0.3, -0.25) is 9.36 Å². The van der Waals surface area contributed by atoms with Crippen LogP contribution in [0.4, 0.5) is 5.82 Å². The molecule has 5 rings (SSSR count). The lowest BCUT2D eigenvalue weighted by Crippen LogP contribution is -2.35. The Hall–Kier alpha value is -2.80. The number of hydrogen-bond acceptors (Lipinski definition) is 3. The lowest BCUT2D eigenvalue weighted by molar-refractivity contribution is 0.531. The first kappa shape index (κ1) is 23.0. The average Bonchev–Trinajstić information content (AvgIpc) is 3.17. The minimum atomic E-state index is -3.99. The minimum absolute atomic E-state index is 0.275. The number of fused-ring (bicyclic) bond motifs is 1. The molecule has 3 aromatic rings. The van der Waals surface area contributed by atoms with Crippen molar-refractivity contribution in [2.45, 2.75) is 31.8 Å². The van der Waals surface area contributed by atoms with Crippen molar-refractivity contribution in [2.75, 3.05) is 4.31 Å². The molecule has 1 aliphatic heterocycles. The number of anilines is 1. The van der Waals surface area contributed by atoms with E-state index in [1.165, 1.54) is 10.4 Å². The van der Waals surface area contributed by atoms with Gasteiger partial charge in [0.25, 0.3) is 15.6 Å². The van der Waals surface area contributed by atoms with E-state index in [1.54, 1.807) is 47.0 Å². The second-order valence-corrected chi connectivity index (χ2v) is 11.1. The fraction of sp³-hybridized carbons (Fsp3) is 0.192. The quantitative estimate of drug-likeness (QED) is 0.414. The first-order valence-electron chi connectivity index (χ1n) is 10.9. The monoisotopic (exact) mass is 512 g/mol. The Morgan fingerprint density at radius 2 is 1.35 bits per heavy atom. The van der Waals surface area contributed by atoms with Crippen LogP contribution in [0.15, 0.2) is 94.2 Å². The Morgan fingerprint density at radius 1 is 0.794 bits per heavy atom. The summed E-state index contributed by atoms with van der Waals surface area (Å²) >= 11 is 12.3. The molecule has 1 aromatic heterocycles. The van der Waals surface area contributed by atoms with Crippen molar-refractivity contribution >= 4 is 39.0 Å². The highest BCUT2D eigenvalue weighted by Gasteiger charge is 2.47. The molecule has 1 aliphatic carbocycles. The Kier molecular flexibility index (Phi) is 5.92. The van der Waals surface area contributed by atoms with Gasteiger partial charge in [-0.15, -0.1) is 0 Å². The van der Waals surface area contributed by atoms with Gasteiger partial charge in [-0.25, -0.2) is 12.7 Å². The molecule has 2 aliphatic rings. The van der Waals surface area contributed by atoms with E-state index in [4.69, 9.17) is 23.2 Å². The molecule has 8 heteroatoms. The fourth-order valence-corrected chi connectivity index (χ4v) is 7.01. The summed E-state index contributed by atoms with van der Waals surface area (Å²) in [5.74, 6) is 0.326. The molecule has 2 aromatic carbocycles. The molecule has 2 heterocycles. The number of nitrogens with zero attached hydrogens (tertiary/aromatic N) is 2. The normalized spacial score (nSPS) is 20.0. The molecule has 0 N–H and O–H groups in total. The molecule has 2 atom stereocenters. The van der Waals surface area contributed by atoms with Crippen LogP contribution in [0.1, 0.15) is 43.0 Å². The maximum absolute atomic E-state index is 14.2. The summed E-state index contributed by atoms with van der Waals surface area (Å²) in [7, 11) is -3.99. The van der Waals surface area contributed by atoms with Crippen LogP contribution in [0.3, 0.4) is 0 Å². The standard InChI is InChI=1S/C26H22Cl2N2O3S/c1-17-5-2-3-6-22(17)34(32,33)30-23-7-4-8-24(31)29(23)25(18-9-13-20(27)14-10-18)26(30)19-11-15-21(28)16-12-19/h4-16,25-26H,2-3H2,1H3/t25-,26+/m0/s1. The van der Waals surface area contributed by atoms with Crippen LogP contribution < -0.4 is 9.86 Å². The number of pyridine rings is 1. The van der Waals surface area contributed by atoms with Crippen LogP contribution in [0.2, 0.25) is 10.0 Å². The molecule has 34 heavy (non-hydrogen) atoms. The van der Waals surface area contributed by atoms with Crippen molar-refractivity contribution in [2.24, 2.45) is 0 Å². The second-order valence-electron chi connectivity index (χ2n) is 8.42. The Labute approximate surface area is 208 Å². The number of halogens is 2. The summed E-state index contributed by atoms with van der Waals surface area (Å²) in [5.41, 5.74) is 1.94. The third-order valence-corrected chi connectivity index (χ3v) is 8.80. The Bertz CT molecular complexity index is 1470. The smallest absolute Gasteiger partial charge is 0.266 e. The zero-order chi connectivity index (χ0) is 24.0. The predicted octanol–water partition coefficient (Wildman–Crippen LogP) is 6.26. The van der Waals surface area contributed by atoms with E-state index in [-0.39, 0.29) is 10.5 Å². The maximum atomic E-state index is 14.2. The molecule has 0 amide bonds. The zero-order valence-corrected chi connectivity index (χ0v) is 20.7. The van der Waals surface area contributed by atoms with Gasteiger partial charge in [0.2, 0.25) is 0 Å². The van der Waals surface area contributed by atoms with Crippen LogP contribution in [0, 0.1) is 0 Å². The summed E-state index contributed by atoms with van der Waals surface area (Å²) in [6, 6.07) is 17.7. The van der Waals surface area contributed by atoms with Crippen molar-refractivity contribution in [3.05, 3.63) is 121 Å². The molecule has 0 saturated heterocycles. The van der Waals surface area contributed by atoms with Crippen LogP contribution in [0.25, 0.3) is 0 Å². The highest BCUT2D eigenvalue weighted by Crippen LogP contribution is 2.49. The van der Waals surface area contributed by atoms with Crippen LogP contribution >= 0.6 is 23.2 Å². The van der Waals surface area contributed by atoms with E-state index in [0.717, 1.165) is 17.5 Å². The average molecular weight is 513 g/mol. The van der Waals surface area contributed by atoms with E-state index in [1.807, 2.05) is 37.3 Å². The van der Waals surface area contributed by atoms with Gasteiger partial charge in [-0.1, -0.05) is 65.7 Å². The highest BCUT2D eigenvalue weighted by molar-refractivity contribution is 7.96. The number of benzene rings is 2. The minimum Gasteiger partial charge on any atom is -0.284 e. The molecular weight excluding hydrogens is 491 g/mol. The van der Waals surface area contributed by atoms with Gasteiger partial charge in [0, 0.05) is 16.1 Å². The number of aromatic nitrogens is 1. The van der Waals surface area contributed by atoms with Crippen LogP contribution in [0.5, 0.6) is 0 Å². The van der Waals surface area contributed by atoms with Crippen LogP contribution in [-0.4, -0.2) is 13.0 Å². The summed E-state index contributed by atoms with van der Waals surface area (Å²) in [6.07, 6.45) is 5.15. The van der Waals surface area contributed by atoms with Gasteiger partial charge in [0.05, 0.1) is 17.0 Å². The molecule has 0 unspecified atom stereocenters. The predicted molar refractivity (Wildman–Crippen MR) is 137 cm³/mol. The van der Waals surface area contributed by atoms with E-state index in [0.29, 0.717) is 27.9 Å². The summed E-state index contributed by atoms with van der Waals surface area (Å²) in [4.78, 5) is 13.4. The fourth-order valence-electron chi connectivity index (χ4n) is 4.79. The van der Waals surface area contributed by atoms with Crippen molar-refractivity contribution in [1.82, 2.24) is 4.57 Å². The maximum Gasteiger partial charge on any atom is 0.266 e. The summed E-state index contributed by atoms with van der Waals surface area (Å²) in [5, 5.41) is 1.10. The first-order valence-corrected chi connectivity index (χ1v) is 13.1. The van der Waals surface area contributed by atoms with Crippen molar-refractivity contribution in [3.63, 3.8) is 0 Å². The third-order valence-electron chi connectivity index (χ3n) is 6.32. The molecular formula is C26H22Cl2N2O3S. The third kappa shape index (κ3) is 3.80. The number of rotatable bonds is 4. The molecule has 0 bridgehead atoms. The van der Waals surface area contributed by atoms with E-state index >= 15 is 0 Å². The van der Waals surface area contributed by atoms with Gasteiger partial charge in [-0.2, -0.15) is 0 Å². The molecule has 0 spiro atoms. The lowest BCUT2D eigenvalue weighted by Gasteiger charge is -2.30. The lowest BCUT2D eigenvalue weighted by atomic mass is 9.94.